The monoisotopic (exact) mass is 291 g/mol. The van der Waals surface area contributed by atoms with Gasteiger partial charge in [0.15, 0.2) is 0 Å². The van der Waals surface area contributed by atoms with Crippen LogP contribution in [0, 0.1) is 0 Å². The second-order valence-electron chi connectivity index (χ2n) is 5.05. The first-order chi connectivity index (χ1) is 10.1. The topological polar surface area (TPSA) is 70.7 Å². The molecule has 0 aliphatic carbocycles. The first kappa shape index (κ1) is 15.3. The van der Waals surface area contributed by atoms with Gasteiger partial charge in [0.1, 0.15) is 6.61 Å². The summed E-state index contributed by atoms with van der Waals surface area (Å²) in [6, 6.07) is 7.50. The summed E-state index contributed by atoms with van der Waals surface area (Å²) in [6.45, 7) is 5.30. The number of rotatable bonds is 6. The van der Waals surface area contributed by atoms with E-state index in [1.807, 2.05) is 13.0 Å². The van der Waals surface area contributed by atoms with Gasteiger partial charge in [-0.05, 0) is 31.5 Å². The number of amides is 2. The molecule has 0 radical (unpaired) electrons. The van der Waals surface area contributed by atoms with Crippen LogP contribution in [0.5, 0.6) is 0 Å². The Hall–Kier alpha value is -2.08. The number of hydrogen-bond donors (Lipinski definition) is 2. The van der Waals surface area contributed by atoms with Gasteiger partial charge in [-0.1, -0.05) is 13.0 Å². The Labute approximate surface area is 124 Å². The lowest BCUT2D eigenvalue weighted by atomic mass is 10.2. The van der Waals surface area contributed by atoms with Crippen molar-refractivity contribution in [1.82, 2.24) is 5.32 Å². The lowest BCUT2D eigenvalue weighted by Gasteiger charge is -2.15. The van der Waals surface area contributed by atoms with Crippen molar-refractivity contribution >= 4 is 23.4 Å². The zero-order valence-corrected chi connectivity index (χ0v) is 12.4. The van der Waals surface area contributed by atoms with Gasteiger partial charge in [0.2, 0.25) is 5.91 Å². The van der Waals surface area contributed by atoms with E-state index in [4.69, 9.17) is 4.74 Å². The average Bonchev–Trinajstić information content (AvgIpc) is 2.91. The van der Waals surface area contributed by atoms with Gasteiger partial charge in [0, 0.05) is 17.4 Å². The Morgan fingerprint density at radius 1 is 1.48 bits per heavy atom. The number of benzene rings is 1. The predicted octanol–water partition coefficient (Wildman–Crippen LogP) is 1.97. The highest BCUT2D eigenvalue weighted by molar-refractivity contribution is 5.94. The molecule has 2 amide bonds. The molecule has 1 aliphatic heterocycles. The third-order valence-corrected chi connectivity index (χ3v) is 3.43. The minimum Gasteiger partial charge on any atom is -0.447 e. The van der Waals surface area contributed by atoms with E-state index in [1.165, 1.54) is 0 Å². The molecule has 6 nitrogen and oxygen atoms in total. The van der Waals surface area contributed by atoms with Gasteiger partial charge in [-0.25, -0.2) is 4.79 Å². The number of anilines is 2. The highest BCUT2D eigenvalue weighted by Gasteiger charge is 2.23. The van der Waals surface area contributed by atoms with Gasteiger partial charge in [-0.2, -0.15) is 0 Å². The molecule has 0 bridgehead atoms. The lowest BCUT2D eigenvalue weighted by Crippen LogP contribution is -2.34. The van der Waals surface area contributed by atoms with E-state index in [0.29, 0.717) is 24.9 Å². The summed E-state index contributed by atoms with van der Waals surface area (Å²) in [5, 5.41) is 5.95. The number of nitrogens with zero attached hydrogens (tertiary/aromatic N) is 1. The molecule has 1 saturated heterocycles. The minimum absolute atomic E-state index is 0.101. The molecule has 1 aromatic carbocycles. The van der Waals surface area contributed by atoms with Gasteiger partial charge < -0.3 is 15.4 Å². The van der Waals surface area contributed by atoms with Crippen LogP contribution in [0.1, 0.15) is 20.3 Å². The van der Waals surface area contributed by atoms with Crippen LogP contribution in [-0.4, -0.2) is 37.7 Å². The van der Waals surface area contributed by atoms with Crippen LogP contribution in [0.4, 0.5) is 16.2 Å². The van der Waals surface area contributed by atoms with E-state index in [-0.39, 0.29) is 18.5 Å². The smallest absolute Gasteiger partial charge is 0.414 e. The van der Waals surface area contributed by atoms with Crippen molar-refractivity contribution in [3.8, 4) is 0 Å². The summed E-state index contributed by atoms with van der Waals surface area (Å²) < 4.78 is 4.91. The predicted molar refractivity (Wildman–Crippen MR) is 81.5 cm³/mol. The molecule has 1 fully saturated rings. The van der Waals surface area contributed by atoms with Crippen molar-refractivity contribution in [3.05, 3.63) is 24.3 Å². The Kier molecular flexibility index (Phi) is 5.16. The number of nitrogens with one attached hydrogen (secondary N) is 2. The van der Waals surface area contributed by atoms with Crippen LogP contribution in [0.3, 0.4) is 0 Å². The molecule has 1 aromatic rings. The Morgan fingerprint density at radius 3 is 2.95 bits per heavy atom. The second-order valence-corrected chi connectivity index (χ2v) is 5.05. The largest absolute Gasteiger partial charge is 0.447 e. The molecule has 1 aliphatic rings. The zero-order chi connectivity index (χ0) is 15.2. The molecular weight excluding hydrogens is 270 g/mol. The van der Waals surface area contributed by atoms with Crippen LogP contribution in [0.25, 0.3) is 0 Å². The molecule has 6 heteroatoms. The Morgan fingerprint density at radius 2 is 2.29 bits per heavy atom. The van der Waals surface area contributed by atoms with Gasteiger partial charge in [-0.3, -0.25) is 9.69 Å². The minimum atomic E-state index is -0.350. The van der Waals surface area contributed by atoms with Crippen LogP contribution in [0.2, 0.25) is 0 Å². The Balaban J connectivity index is 1.94. The van der Waals surface area contributed by atoms with Crippen LogP contribution >= 0.6 is 0 Å². The van der Waals surface area contributed by atoms with E-state index in [1.54, 1.807) is 23.1 Å². The summed E-state index contributed by atoms with van der Waals surface area (Å²) >= 11 is 0. The number of ether oxygens (including phenoxy) is 1. The fourth-order valence-corrected chi connectivity index (χ4v) is 2.00. The van der Waals surface area contributed by atoms with Crippen molar-refractivity contribution in [2.24, 2.45) is 0 Å². The zero-order valence-electron chi connectivity index (χ0n) is 12.4. The maximum Gasteiger partial charge on any atom is 0.414 e. The standard InChI is InChI=1S/C15H21N3O3/c1-3-11(2)16-10-14(19)17-12-5-4-6-13(9-12)18-7-8-21-15(18)20/h4-6,9,11,16H,3,7-8,10H2,1-2H3,(H,17,19). The van der Waals surface area contributed by atoms with Crippen molar-refractivity contribution in [2.75, 3.05) is 29.9 Å². The van der Waals surface area contributed by atoms with E-state index >= 15 is 0 Å². The number of hydrogen-bond acceptors (Lipinski definition) is 4. The Bertz CT molecular complexity index is 519. The fourth-order valence-electron chi connectivity index (χ4n) is 2.00. The first-order valence-electron chi connectivity index (χ1n) is 7.17. The quantitative estimate of drug-likeness (QED) is 0.840. The van der Waals surface area contributed by atoms with Gasteiger partial charge in [0.25, 0.3) is 0 Å². The van der Waals surface area contributed by atoms with Gasteiger partial charge >= 0.3 is 6.09 Å². The third kappa shape index (κ3) is 4.19. The molecule has 0 saturated carbocycles. The average molecular weight is 291 g/mol. The molecule has 2 rings (SSSR count). The van der Waals surface area contributed by atoms with Crippen LogP contribution in [-0.2, 0) is 9.53 Å². The van der Waals surface area contributed by atoms with E-state index in [0.717, 1.165) is 12.1 Å². The highest BCUT2D eigenvalue weighted by atomic mass is 16.6. The molecule has 0 spiro atoms. The molecule has 1 atom stereocenters. The molecule has 114 valence electrons. The van der Waals surface area contributed by atoms with E-state index in [9.17, 15) is 9.59 Å². The maximum absolute atomic E-state index is 11.9. The summed E-state index contributed by atoms with van der Waals surface area (Å²) in [4.78, 5) is 24.9. The first-order valence-corrected chi connectivity index (χ1v) is 7.17. The molecule has 1 unspecified atom stereocenters. The summed E-state index contributed by atoms with van der Waals surface area (Å²) in [5.41, 5.74) is 1.40. The third-order valence-electron chi connectivity index (χ3n) is 3.43. The molecule has 1 heterocycles. The van der Waals surface area contributed by atoms with Gasteiger partial charge in [0.05, 0.1) is 13.1 Å². The molecular formula is C15H21N3O3. The van der Waals surface area contributed by atoms with Crippen LogP contribution in [0.15, 0.2) is 24.3 Å². The summed E-state index contributed by atoms with van der Waals surface area (Å²) in [6.07, 6.45) is 0.622. The van der Waals surface area contributed by atoms with E-state index in [2.05, 4.69) is 17.6 Å². The summed E-state index contributed by atoms with van der Waals surface area (Å²) in [7, 11) is 0. The van der Waals surface area contributed by atoms with Crippen molar-refractivity contribution in [2.45, 2.75) is 26.3 Å². The lowest BCUT2D eigenvalue weighted by molar-refractivity contribution is -0.115. The normalized spacial score (nSPS) is 15.7. The van der Waals surface area contributed by atoms with Crippen LogP contribution < -0.4 is 15.5 Å². The number of cyclic esters (lactones) is 1. The highest BCUT2D eigenvalue weighted by Crippen LogP contribution is 2.22. The van der Waals surface area contributed by atoms with Gasteiger partial charge in [-0.15, -0.1) is 0 Å². The summed E-state index contributed by atoms with van der Waals surface area (Å²) in [5.74, 6) is -0.101. The maximum atomic E-state index is 11.9. The van der Waals surface area contributed by atoms with E-state index < -0.39 is 0 Å². The molecule has 21 heavy (non-hydrogen) atoms. The molecule has 0 aromatic heterocycles. The van der Waals surface area contributed by atoms with Crippen molar-refractivity contribution in [1.29, 1.82) is 0 Å². The SMILES string of the molecule is CCC(C)NCC(=O)Nc1cccc(N2CCOC2=O)c1. The van der Waals surface area contributed by atoms with Crippen molar-refractivity contribution in [3.63, 3.8) is 0 Å². The number of carbonyl (C=O) groups excluding carboxylic acids is 2. The fraction of sp³-hybridized carbons (Fsp3) is 0.467. The number of carbonyl (C=O) groups is 2. The second kappa shape index (κ2) is 7.08. The molecule has 2 N–H and O–H groups in total. The van der Waals surface area contributed by atoms with Crippen molar-refractivity contribution < 1.29 is 14.3 Å².